The third-order valence-corrected chi connectivity index (χ3v) is 6.13. The lowest BCUT2D eigenvalue weighted by molar-refractivity contribution is 0.224. The number of nitrogens with one attached hydrogen (secondary N) is 1. The van der Waals surface area contributed by atoms with Crippen molar-refractivity contribution in [2.45, 2.75) is 25.2 Å². The van der Waals surface area contributed by atoms with Gasteiger partial charge < -0.3 is 19.9 Å². The van der Waals surface area contributed by atoms with Crippen molar-refractivity contribution in [3.63, 3.8) is 0 Å². The van der Waals surface area contributed by atoms with Gasteiger partial charge in [0, 0.05) is 21.3 Å². The van der Waals surface area contributed by atoms with Gasteiger partial charge in [-0.2, -0.15) is 4.98 Å². The Kier molecular flexibility index (Phi) is 6.35. The van der Waals surface area contributed by atoms with Crippen molar-refractivity contribution in [1.29, 1.82) is 0 Å². The van der Waals surface area contributed by atoms with Crippen molar-refractivity contribution in [1.82, 2.24) is 15.2 Å². The van der Waals surface area contributed by atoms with E-state index in [0.29, 0.717) is 33.6 Å². The molecule has 0 saturated carbocycles. The number of anilines is 1. The summed E-state index contributed by atoms with van der Waals surface area (Å²) in [5, 5.41) is 22.9. The Balaban J connectivity index is 1.84. The third-order valence-electron chi connectivity index (χ3n) is 4.31. The summed E-state index contributed by atoms with van der Waals surface area (Å²) in [6, 6.07) is 9.37. The van der Waals surface area contributed by atoms with E-state index in [-0.39, 0.29) is 5.75 Å². The summed E-state index contributed by atoms with van der Waals surface area (Å²) in [5.41, 5.74) is 2.98. The van der Waals surface area contributed by atoms with E-state index in [1.807, 2.05) is 32.0 Å². The maximum Gasteiger partial charge on any atom is 0.247 e. The smallest absolute Gasteiger partial charge is 0.247 e. The predicted molar refractivity (Wildman–Crippen MR) is 123 cm³/mol. The number of phenolic OH excluding ortho intramolecular Hbond substituents is 1. The van der Waals surface area contributed by atoms with E-state index in [4.69, 9.17) is 9.47 Å². The summed E-state index contributed by atoms with van der Waals surface area (Å²) in [6.07, 6.45) is -0.585. The highest BCUT2D eigenvalue weighted by molar-refractivity contribution is 9.10. The van der Waals surface area contributed by atoms with Gasteiger partial charge in [0.25, 0.3) is 0 Å². The number of hydrogen-bond donors (Lipinski definition) is 2. The van der Waals surface area contributed by atoms with Gasteiger partial charge in [-0.3, -0.25) is 0 Å². The molecule has 1 aromatic heterocycles. The van der Waals surface area contributed by atoms with E-state index < -0.39 is 6.23 Å². The molecule has 0 amide bonds. The molecule has 30 heavy (non-hydrogen) atoms. The summed E-state index contributed by atoms with van der Waals surface area (Å²) < 4.78 is 13.3. The molecule has 0 unspecified atom stereocenters. The molecule has 2 aromatic carbocycles. The summed E-state index contributed by atoms with van der Waals surface area (Å²) >= 11 is 8.41. The van der Waals surface area contributed by atoms with Gasteiger partial charge in [-0.05, 0) is 58.9 Å². The maximum absolute atomic E-state index is 10.3. The highest BCUT2D eigenvalue weighted by atomic mass is 79.9. The standard InChI is InChI=1S/C20H18Br2N4O3S/c1-3-28-15-8-10(7-13(22)17(15)27)18-23-14-6-5-11(21)9-12(14)16-19(29-18)24-20(26-25-16)30-4-2/h5-9,18,23,27H,3-4H2,1-2H3/t18-/m1/s1. The van der Waals surface area contributed by atoms with Crippen LogP contribution in [-0.2, 0) is 0 Å². The van der Waals surface area contributed by atoms with Crippen molar-refractivity contribution >= 4 is 49.3 Å². The van der Waals surface area contributed by atoms with Crippen LogP contribution in [0.25, 0.3) is 11.3 Å². The minimum absolute atomic E-state index is 0.0459. The molecule has 0 saturated heterocycles. The van der Waals surface area contributed by atoms with Crippen molar-refractivity contribution in [3.05, 3.63) is 44.8 Å². The molecule has 0 aliphatic carbocycles. The number of halogens is 2. The first-order chi connectivity index (χ1) is 14.5. The Bertz CT molecular complexity index is 1100. The van der Waals surface area contributed by atoms with Crippen LogP contribution < -0.4 is 14.8 Å². The van der Waals surface area contributed by atoms with E-state index in [0.717, 1.165) is 27.0 Å². The number of aromatic hydroxyl groups is 1. The molecule has 1 aliphatic rings. The zero-order valence-corrected chi connectivity index (χ0v) is 20.1. The van der Waals surface area contributed by atoms with Crippen molar-refractivity contribution < 1.29 is 14.6 Å². The molecule has 7 nitrogen and oxygen atoms in total. The first kappa shape index (κ1) is 21.2. The van der Waals surface area contributed by atoms with Crippen molar-refractivity contribution in [2.24, 2.45) is 0 Å². The highest BCUT2D eigenvalue weighted by Crippen LogP contribution is 2.43. The molecule has 1 atom stereocenters. The number of hydrogen-bond acceptors (Lipinski definition) is 8. The zero-order chi connectivity index (χ0) is 21.3. The number of fused-ring (bicyclic) bond motifs is 3. The van der Waals surface area contributed by atoms with E-state index in [2.05, 4.69) is 52.4 Å². The first-order valence-electron chi connectivity index (χ1n) is 9.26. The van der Waals surface area contributed by atoms with Crippen LogP contribution in [0.1, 0.15) is 25.6 Å². The summed E-state index contributed by atoms with van der Waals surface area (Å²) in [4.78, 5) is 4.59. The Morgan fingerprint density at radius 1 is 1.20 bits per heavy atom. The van der Waals surface area contributed by atoms with Crippen LogP contribution in [0.3, 0.4) is 0 Å². The Hall–Kier alpha value is -2.04. The van der Waals surface area contributed by atoms with Gasteiger partial charge in [0.05, 0.1) is 11.1 Å². The number of benzene rings is 2. The average molecular weight is 554 g/mol. The Morgan fingerprint density at radius 2 is 2.03 bits per heavy atom. The largest absolute Gasteiger partial charge is 0.503 e. The molecular weight excluding hydrogens is 536 g/mol. The molecule has 2 N–H and O–H groups in total. The Morgan fingerprint density at radius 3 is 2.80 bits per heavy atom. The maximum atomic E-state index is 10.3. The van der Waals surface area contributed by atoms with Crippen LogP contribution in [0.4, 0.5) is 5.69 Å². The van der Waals surface area contributed by atoms with Crippen LogP contribution in [0.15, 0.2) is 44.4 Å². The van der Waals surface area contributed by atoms with Gasteiger partial charge >= 0.3 is 0 Å². The topological polar surface area (TPSA) is 89.4 Å². The van der Waals surface area contributed by atoms with E-state index in [1.165, 1.54) is 11.8 Å². The van der Waals surface area contributed by atoms with Gasteiger partial charge in [-0.15, -0.1) is 10.2 Å². The van der Waals surface area contributed by atoms with Crippen LogP contribution >= 0.6 is 43.6 Å². The number of ether oxygens (including phenoxy) is 2. The lowest BCUT2D eigenvalue weighted by atomic mass is 10.1. The van der Waals surface area contributed by atoms with Crippen molar-refractivity contribution in [2.75, 3.05) is 17.7 Å². The van der Waals surface area contributed by atoms with Gasteiger partial charge in [0.15, 0.2) is 23.4 Å². The zero-order valence-electron chi connectivity index (χ0n) is 16.1. The fourth-order valence-corrected chi connectivity index (χ4v) is 4.35. The van der Waals surface area contributed by atoms with Gasteiger partial charge in [-0.25, -0.2) is 0 Å². The molecule has 3 aromatic rings. The molecule has 0 radical (unpaired) electrons. The molecule has 0 fully saturated rings. The lowest BCUT2D eigenvalue weighted by Crippen LogP contribution is -2.17. The van der Waals surface area contributed by atoms with Crippen LogP contribution in [0, 0.1) is 0 Å². The quantitative estimate of drug-likeness (QED) is 0.384. The van der Waals surface area contributed by atoms with E-state index in [9.17, 15) is 5.11 Å². The molecule has 10 heteroatoms. The van der Waals surface area contributed by atoms with Crippen LogP contribution in [0.5, 0.6) is 17.4 Å². The number of thioether (sulfide) groups is 1. The fraction of sp³-hybridized carbons (Fsp3) is 0.250. The Labute approximate surface area is 194 Å². The summed E-state index contributed by atoms with van der Waals surface area (Å²) in [5.74, 6) is 1.63. The van der Waals surface area contributed by atoms with Gasteiger partial charge in [0.2, 0.25) is 11.0 Å². The van der Waals surface area contributed by atoms with E-state index in [1.54, 1.807) is 12.1 Å². The summed E-state index contributed by atoms with van der Waals surface area (Å²) in [6.45, 7) is 4.32. The molecule has 0 spiro atoms. The van der Waals surface area contributed by atoms with Gasteiger partial charge in [-0.1, -0.05) is 34.6 Å². The minimum Gasteiger partial charge on any atom is -0.503 e. The van der Waals surface area contributed by atoms with E-state index >= 15 is 0 Å². The number of aromatic nitrogens is 3. The van der Waals surface area contributed by atoms with Gasteiger partial charge in [0.1, 0.15) is 0 Å². The van der Waals surface area contributed by atoms with Crippen molar-refractivity contribution in [3.8, 4) is 28.6 Å². The van der Waals surface area contributed by atoms with Crippen LogP contribution in [-0.4, -0.2) is 32.6 Å². The normalized spacial score (nSPS) is 14.7. The molecule has 1 aliphatic heterocycles. The molecule has 0 bridgehead atoms. The van der Waals surface area contributed by atoms with Crippen LogP contribution in [0.2, 0.25) is 0 Å². The monoisotopic (exact) mass is 552 g/mol. The third kappa shape index (κ3) is 4.21. The number of nitrogens with zero attached hydrogens (tertiary/aromatic N) is 3. The average Bonchev–Trinajstić information content (AvgIpc) is 2.88. The molecular formula is C20H18Br2N4O3S. The predicted octanol–water partition coefficient (Wildman–Crippen LogP) is 5.78. The summed E-state index contributed by atoms with van der Waals surface area (Å²) in [7, 11) is 0. The lowest BCUT2D eigenvalue weighted by Gasteiger charge is -2.21. The minimum atomic E-state index is -0.585. The SMILES string of the molecule is CCOc1cc([C@@H]2Nc3ccc(Br)cc3-c3nnc(SCC)nc3O2)cc(Br)c1O. The molecule has 156 valence electrons. The number of rotatable bonds is 5. The first-order valence-corrected chi connectivity index (χ1v) is 11.8. The molecule has 4 rings (SSSR count). The molecule has 2 heterocycles. The highest BCUT2D eigenvalue weighted by Gasteiger charge is 2.27. The second-order valence-electron chi connectivity index (χ2n) is 6.30. The number of phenols is 1. The second-order valence-corrected chi connectivity index (χ2v) is 9.30. The second kappa shape index (κ2) is 8.99. The fourth-order valence-electron chi connectivity index (χ4n) is 3.02.